The van der Waals surface area contributed by atoms with Gasteiger partial charge in [-0.1, -0.05) is 6.07 Å². The molecule has 1 fully saturated rings. The zero-order chi connectivity index (χ0) is 16.1. The number of esters is 2. The van der Waals surface area contributed by atoms with Crippen LogP contribution >= 0.6 is 0 Å². The molecule has 7 nitrogen and oxygen atoms in total. The molecule has 7 heteroatoms. The van der Waals surface area contributed by atoms with Gasteiger partial charge in [-0.05, 0) is 25.1 Å². The summed E-state index contributed by atoms with van der Waals surface area (Å²) >= 11 is 0. The molecule has 1 aromatic carbocycles. The Morgan fingerprint density at radius 1 is 1.14 bits per heavy atom. The number of rotatable bonds is 5. The molecule has 116 valence electrons. The molecule has 1 heterocycles. The summed E-state index contributed by atoms with van der Waals surface area (Å²) < 4.78 is 9.46. The molecule has 0 spiro atoms. The molecule has 0 saturated carbocycles. The maximum atomic E-state index is 11.9. The molecular formula is C15H15NO6. The highest BCUT2D eigenvalue weighted by Crippen LogP contribution is 2.23. The number of nitrogens with zero attached hydrogens (tertiary/aromatic N) is 1. The van der Waals surface area contributed by atoms with E-state index >= 15 is 0 Å². The number of carbonyl (C=O) groups is 4. The van der Waals surface area contributed by atoms with E-state index in [4.69, 9.17) is 4.74 Å². The molecule has 0 N–H and O–H groups in total. The van der Waals surface area contributed by atoms with Gasteiger partial charge in [0.25, 0.3) is 0 Å². The molecular weight excluding hydrogens is 290 g/mol. The van der Waals surface area contributed by atoms with Gasteiger partial charge in [-0.25, -0.2) is 9.59 Å². The SMILES string of the molecule is CCOC(=O)COC(=O)c1cccc(N2C(=O)CCC2=O)c1. The van der Waals surface area contributed by atoms with Crippen LogP contribution in [0.3, 0.4) is 0 Å². The van der Waals surface area contributed by atoms with E-state index in [2.05, 4.69) is 4.74 Å². The first kappa shape index (κ1) is 15.7. The summed E-state index contributed by atoms with van der Waals surface area (Å²) in [5, 5.41) is 0. The van der Waals surface area contributed by atoms with E-state index in [0.717, 1.165) is 4.90 Å². The van der Waals surface area contributed by atoms with Gasteiger partial charge in [-0.15, -0.1) is 0 Å². The number of benzene rings is 1. The highest BCUT2D eigenvalue weighted by Gasteiger charge is 2.30. The number of amides is 2. The van der Waals surface area contributed by atoms with Crippen molar-refractivity contribution in [2.75, 3.05) is 18.1 Å². The first-order valence-electron chi connectivity index (χ1n) is 6.81. The van der Waals surface area contributed by atoms with Crippen LogP contribution in [0.5, 0.6) is 0 Å². The highest BCUT2D eigenvalue weighted by atomic mass is 16.6. The van der Waals surface area contributed by atoms with Crippen LogP contribution in [0.25, 0.3) is 0 Å². The smallest absolute Gasteiger partial charge is 0.344 e. The van der Waals surface area contributed by atoms with Crippen molar-refractivity contribution in [2.45, 2.75) is 19.8 Å². The van der Waals surface area contributed by atoms with Gasteiger partial charge in [-0.3, -0.25) is 14.5 Å². The Kier molecular flexibility index (Phi) is 4.88. The number of hydrogen-bond donors (Lipinski definition) is 0. The van der Waals surface area contributed by atoms with Crippen molar-refractivity contribution in [2.24, 2.45) is 0 Å². The molecule has 1 aliphatic rings. The molecule has 1 aromatic rings. The number of carbonyl (C=O) groups excluding carboxylic acids is 4. The lowest BCUT2D eigenvalue weighted by molar-refractivity contribution is -0.146. The lowest BCUT2D eigenvalue weighted by Crippen LogP contribution is -2.28. The minimum Gasteiger partial charge on any atom is -0.463 e. The standard InChI is InChI=1S/C15H15NO6/c1-2-21-14(19)9-22-15(20)10-4-3-5-11(8-10)16-12(17)6-7-13(16)18/h3-5,8H,2,6-7,9H2,1H3. The topological polar surface area (TPSA) is 90.0 Å². The lowest BCUT2D eigenvalue weighted by atomic mass is 10.2. The molecule has 1 saturated heterocycles. The third kappa shape index (κ3) is 3.49. The summed E-state index contributed by atoms with van der Waals surface area (Å²) in [5.74, 6) is -1.98. The van der Waals surface area contributed by atoms with Gasteiger partial charge in [0.15, 0.2) is 6.61 Å². The van der Waals surface area contributed by atoms with Gasteiger partial charge < -0.3 is 9.47 Å². The Bertz CT molecular complexity index is 608. The van der Waals surface area contributed by atoms with Crippen LogP contribution in [0, 0.1) is 0 Å². The van der Waals surface area contributed by atoms with Crippen molar-refractivity contribution in [1.82, 2.24) is 0 Å². The quantitative estimate of drug-likeness (QED) is 0.597. The normalized spacial score (nSPS) is 14.1. The largest absolute Gasteiger partial charge is 0.463 e. The monoisotopic (exact) mass is 305 g/mol. The van der Waals surface area contributed by atoms with Gasteiger partial charge in [0, 0.05) is 12.8 Å². The van der Waals surface area contributed by atoms with Crippen molar-refractivity contribution < 1.29 is 28.7 Å². The van der Waals surface area contributed by atoms with Crippen molar-refractivity contribution >= 4 is 29.4 Å². The Morgan fingerprint density at radius 2 is 1.82 bits per heavy atom. The van der Waals surface area contributed by atoms with Crippen LogP contribution < -0.4 is 4.90 Å². The van der Waals surface area contributed by atoms with Crippen molar-refractivity contribution in [3.8, 4) is 0 Å². The zero-order valence-corrected chi connectivity index (χ0v) is 12.0. The second-order valence-corrected chi connectivity index (χ2v) is 4.55. The fourth-order valence-corrected chi connectivity index (χ4v) is 2.05. The number of hydrogen-bond acceptors (Lipinski definition) is 6. The van der Waals surface area contributed by atoms with Crippen molar-refractivity contribution in [3.63, 3.8) is 0 Å². The fraction of sp³-hybridized carbons (Fsp3) is 0.333. The molecule has 0 aromatic heterocycles. The number of anilines is 1. The van der Waals surface area contributed by atoms with E-state index in [1.54, 1.807) is 13.0 Å². The Labute approximate surface area is 126 Å². The van der Waals surface area contributed by atoms with E-state index in [1.165, 1.54) is 18.2 Å². The lowest BCUT2D eigenvalue weighted by Gasteiger charge is -2.14. The van der Waals surface area contributed by atoms with Crippen LogP contribution in [0.4, 0.5) is 5.69 Å². The summed E-state index contributed by atoms with van der Waals surface area (Å²) in [5.41, 5.74) is 0.465. The van der Waals surface area contributed by atoms with Gasteiger partial charge >= 0.3 is 11.9 Å². The third-order valence-corrected chi connectivity index (χ3v) is 3.02. The average molecular weight is 305 g/mol. The van der Waals surface area contributed by atoms with Gasteiger partial charge in [-0.2, -0.15) is 0 Å². The minimum absolute atomic E-state index is 0.147. The second kappa shape index (κ2) is 6.84. The molecule has 0 aliphatic carbocycles. The van der Waals surface area contributed by atoms with E-state index < -0.39 is 18.5 Å². The fourth-order valence-electron chi connectivity index (χ4n) is 2.05. The van der Waals surface area contributed by atoms with Crippen LogP contribution in [0.15, 0.2) is 24.3 Å². The minimum atomic E-state index is -0.728. The molecule has 0 bridgehead atoms. The van der Waals surface area contributed by atoms with E-state index in [0.29, 0.717) is 5.69 Å². The first-order valence-corrected chi connectivity index (χ1v) is 6.81. The van der Waals surface area contributed by atoms with Crippen molar-refractivity contribution in [1.29, 1.82) is 0 Å². The van der Waals surface area contributed by atoms with Crippen molar-refractivity contribution in [3.05, 3.63) is 29.8 Å². The molecule has 22 heavy (non-hydrogen) atoms. The maximum absolute atomic E-state index is 11.9. The Balaban J connectivity index is 2.08. The number of imide groups is 1. The molecule has 0 atom stereocenters. The Hall–Kier alpha value is -2.70. The van der Waals surface area contributed by atoms with E-state index in [9.17, 15) is 19.2 Å². The summed E-state index contributed by atoms with van der Waals surface area (Å²) in [6.45, 7) is 1.36. The second-order valence-electron chi connectivity index (χ2n) is 4.55. The summed E-state index contributed by atoms with van der Waals surface area (Å²) in [7, 11) is 0. The first-order chi connectivity index (χ1) is 10.5. The summed E-state index contributed by atoms with van der Waals surface area (Å²) in [6.07, 6.45) is 0.326. The van der Waals surface area contributed by atoms with Crippen LogP contribution in [-0.4, -0.2) is 37.0 Å². The predicted molar refractivity (Wildman–Crippen MR) is 75.1 cm³/mol. The molecule has 1 aliphatic heterocycles. The predicted octanol–water partition coefficient (Wildman–Crippen LogP) is 1.06. The molecule has 0 unspecified atom stereocenters. The number of ether oxygens (including phenoxy) is 2. The zero-order valence-electron chi connectivity index (χ0n) is 12.0. The third-order valence-electron chi connectivity index (χ3n) is 3.02. The van der Waals surface area contributed by atoms with Gasteiger partial charge in [0.05, 0.1) is 17.9 Å². The summed E-state index contributed by atoms with van der Waals surface area (Å²) in [6, 6.07) is 5.95. The van der Waals surface area contributed by atoms with E-state index in [1.807, 2.05) is 0 Å². The van der Waals surface area contributed by atoms with Gasteiger partial charge in [0.2, 0.25) is 11.8 Å². The molecule has 2 rings (SSSR count). The van der Waals surface area contributed by atoms with Crippen LogP contribution in [0.2, 0.25) is 0 Å². The average Bonchev–Trinajstić information content (AvgIpc) is 2.84. The van der Waals surface area contributed by atoms with Crippen LogP contribution in [-0.2, 0) is 23.9 Å². The Morgan fingerprint density at radius 3 is 2.45 bits per heavy atom. The highest BCUT2D eigenvalue weighted by molar-refractivity contribution is 6.20. The molecule has 2 amide bonds. The van der Waals surface area contributed by atoms with Crippen LogP contribution in [0.1, 0.15) is 30.1 Å². The maximum Gasteiger partial charge on any atom is 0.344 e. The van der Waals surface area contributed by atoms with E-state index in [-0.39, 0.29) is 36.8 Å². The summed E-state index contributed by atoms with van der Waals surface area (Å²) in [4.78, 5) is 47.4. The molecule has 0 radical (unpaired) electrons. The van der Waals surface area contributed by atoms with Gasteiger partial charge in [0.1, 0.15) is 0 Å².